The van der Waals surface area contributed by atoms with Gasteiger partial charge in [-0.2, -0.15) is 0 Å². The number of piperidine rings is 1. The summed E-state index contributed by atoms with van der Waals surface area (Å²) in [4.78, 5) is 32.0. The van der Waals surface area contributed by atoms with Gasteiger partial charge in [0.2, 0.25) is 15.9 Å². The Kier molecular flexibility index (Phi) is 10.6. The molecule has 1 spiro atoms. The number of ether oxygens (including phenoxy) is 2. The van der Waals surface area contributed by atoms with Gasteiger partial charge >= 0.3 is 6.36 Å². The molecule has 1 saturated heterocycles. The minimum absolute atomic E-state index is 0.0244. The Bertz CT molecular complexity index is 1540. The third kappa shape index (κ3) is 8.41. The van der Waals surface area contributed by atoms with Crippen molar-refractivity contribution in [3.63, 3.8) is 0 Å². The highest BCUT2D eigenvalue weighted by molar-refractivity contribution is 7.89. The Labute approximate surface area is 261 Å². The lowest BCUT2D eigenvalue weighted by molar-refractivity contribution is -0.274. The molecule has 246 valence electrons. The van der Waals surface area contributed by atoms with Gasteiger partial charge in [-0.05, 0) is 68.5 Å². The molecule has 1 fully saturated rings. The Morgan fingerprint density at radius 3 is 2.49 bits per heavy atom. The van der Waals surface area contributed by atoms with Crippen molar-refractivity contribution in [1.82, 2.24) is 9.62 Å². The van der Waals surface area contributed by atoms with Crippen LogP contribution < -0.4 is 15.0 Å². The van der Waals surface area contributed by atoms with Crippen LogP contribution in [0.3, 0.4) is 0 Å². The molecule has 2 aliphatic rings. The zero-order valence-corrected chi connectivity index (χ0v) is 26.6. The van der Waals surface area contributed by atoms with Crippen LogP contribution in [0, 0.1) is 12.8 Å². The van der Waals surface area contributed by atoms with Crippen molar-refractivity contribution in [2.24, 2.45) is 10.9 Å². The molecule has 1 N–H and O–H groups in total. The summed E-state index contributed by atoms with van der Waals surface area (Å²) in [6.07, 6.45) is -4.32. The van der Waals surface area contributed by atoms with E-state index in [9.17, 15) is 31.2 Å². The largest absolute Gasteiger partial charge is 0.573 e. The number of hydrogen-bond donors (Lipinski definition) is 1. The first kappa shape index (κ1) is 34.4. The van der Waals surface area contributed by atoms with Crippen molar-refractivity contribution >= 4 is 33.4 Å². The Morgan fingerprint density at radius 1 is 1.16 bits per heavy atom. The number of nitrogens with one attached hydrogen (secondary N) is 1. The van der Waals surface area contributed by atoms with E-state index in [0.717, 1.165) is 28.9 Å². The number of nitrogens with zero attached hydrogens (tertiary/aromatic N) is 3. The monoisotopic (exact) mass is 652 g/mol. The van der Waals surface area contributed by atoms with Crippen molar-refractivity contribution in [3.05, 3.63) is 59.2 Å². The maximum absolute atomic E-state index is 13.3. The van der Waals surface area contributed by atoms with E-state index in [0.29, 0.717) is 19.8 Å². The smallest absolute Gasteiger partial charge is 0.406 e. The van der Waals surface area contributed by atoms with Crippen LogP contribution in [0.1, 0.15) is 50.3 Å². The fourth-order valence-corrected chi connectivity index (χ4v) is 6.92. The van der Waals surface area contributed by atoms with Crippen LogP contribution in [0.2, 0.25) is 0 Å². The van der Waals surface area contributed by atoms with Gasteiger partial charge in [0.25, 0.3) is 5.91 Å². The average Bonchev–Trinajstić information content (AvgIpc) is 3.28. The lowest BCUT2D eigenvalue weighted by atomic mass is 9.89. The van der Waals surface area contributed by atoms with Crippen LogP contribution in [0.15, 0.2) is 47.5 Å². The highest BCUT2D eigenvalue weighted by Gasteiger charge is 2.47. The van der Waals surface area contributed by atoms with Crippen LogP contribution in [-0.4, -0.2) is 80.9 Å². The van der Waals surface area contributed by atoms with Crippen molar-refractivity contribution in [1.29, 1.82) is 0 Å². The maximum atomic E-state index is 13.3. The average molecular weight is 653 g/mol. The van der Waals surface area contributed by atoms with Crippen molar-refractivity contribution in [3.8, 4) is 5.75 Å². The summed E-state index contributed by atoms with van der Waals surface area (Å²) in [7, 11) is -3.67. The predicted octanol–water partition coefficient (Wildman–Crippen LogP) is 4.20. The number of aliphatic imine (C=N–C) groups is 1. The SMILES string of the molecule is CCOCCN(C(=O)C(C)C)c1ccc(CCS(=O)(=O)N2CCC3(CC2)N=C(c2cccc(OC(F)(F)F)c2)NC3=O)c(C)c1. The Balaban J connectivity index is 1.39. The first-order valence-corrected chi connectivity index (χ1v) is 16.5. The number of carbonyl (C=O) groups excluding carboxylic acids is 2. The van der Waals surface area contributed by atoms with Gasteiger partial charge in [-0.25, -0.2) is 12.7 Å². The molecule has 4 rings (SSSR count). The van der Waals surface area contributed by atoms with E-state index in [1.807, 2.05) is 45.9 Å². The Morgan fingerprint density at radius 2 is 1.87 bits per heavy atom. The second kappa shape index (κ2) is 13.9. The fraction of sp³-hybridized carbons (Fsp3) is 0.516. The third-order valence-electron chi connectivity index (χ3n) is 7.95. The van der Waals surface area contributed by atoms with E-state index in [1.165, 1.54) is 16.4 Å². The number of benzene rings is 2. The summed E-state index contributed by atoms with van der Waals surface area (Å²) in [6.45, 7) is 8.98. The minimum Gasteiger partial charge on any atom is -0.406 e. The molecule has 2 aromatic carbocycles. The molecule has 0 atom stereocenters. The standard InChI is InChI=1S/C31H39F3N4O6S/c1-5-43-17-16-38(28(39)21(2)3)25-10-9-23(22(4)19-25)11-18-45(41,42)37-14-12-30(13-15-37)29(40)35-27(36-30)24-7-6-8-26(20-24)44-31(32,33)34/h6-10,19-21H,5,11-18H2,1-4H3,(H,35,36,40). The van der Waals surface area contributed by atoms with Gasteiger partial charge in [0.15, 0.2) is 0 Å². The zero-order chi connectivity index (χ0) is 33.0. The van der Waals surface area contributed by atoms with Crippen LogP contribution in [0.5, 0.6) is 5.75 Å². The normalized spacial score (nSPS) is 17.0. The van der Waals surface area contributed by atoms with Crippen LogP contribution in [-0.2, 0) is 30.8 Å². The lowest BCUT2D eigenvalue weighted by Crippen LogP contribution is -2.50. The first-order valence-electron chi connectivity index (χ1n) is 14.9. The van der Waals surface area contributed by atoms with E-state index >= 15 is 0 Å². The van der Waals surface area contributed by atoms with Gasteiger partial charge in [0.1, 0.15) is 17.1 Å². The van der Waals surface area contributed by atoms with Gasteiger partial charge in [-0.3, -0.25) is 14.6 Å². The second-order valence-corrected chi connectivity index (χ2v) is 13.5. The highest BCUT2D eigenvalue weighted by Crippen LogP contribution is 2.33. The molecule has 2 aliphatic heterocycles. The fourth-order valence-electron chi connectivity index (χ4n) is 5.44. The number of hydrogen-bond acceptors (Lipinski definition) is 7. The molecule has 14 heteroatoms. The molecule has 10 nitrogen and oxygen atoms in total. The van der Waals surface area contributed by atoms with Gasteiger partial charge in [-0.1, -0.05) is 32.0 Å². The van der Waals surface area contributed by atoms with E-state index in [1.54, 1.807) is 4.90 Å². The third-order valence-corrected chi connectivity index (χ3v) is 9.83. The number of alkyl halides is 3. The van der Waals surface area contributed by atoms with Crippen molar-refractivity contribution in [2.45, 2.75) is 58.9 Å². The Hall–Kier alpha value is -3.49. The summed E-state index contributed by atoms with van der Waals surface area (Å²) in [6, 6.07) is 10.7. The molecule has 2 amide bonds. The minimum atomic E-state index is -4.86. The highest BCUT2D eigenvalue weighted by atomic mass is 32.2. The van der Waals surface area contributed by atoms with Gasteiger partial charge in [-0.15, -0.1) is 13.2 Å². The van der Waals surface area contributed by atoms with Crippen LogP contribution >= 0.6 is 0 Å². The van der Waals surface area contributed by atoms with Crippen molar-refractivity contribution < 1.29 is 40.7 Å². The molecule has 0 aliphatic carbocycles. The van der Waals surface area contributed by atoms with Gasteiger partial charge in [0, 0.05) is 43.4 Å². The molecular weight excluding hydrogens is 613 g/mol. The molecule has 2 aromatic rings. The molecule has 45 heavy (non-hydrogen) atoms. The maximum Gasteiger partial charge on any atom is 0.573 e. The molecule has 0 aromatic heterocycles. The molecule has 0 bridgehead atoms. The topological polar surface area (TPSA) is 118 Å². The van der Waals surface area contributed by atoms with Crippen LogP contribution in [0.25, 0.3) is 0 Å². The quantitative estimate of drug-likeness (QED) is 0.344. The summed E-state index contributed by atoms with van der Waals surface area (Å²) in [5.74, 6) is -1.09. The molecule has 2 heterocycles. The van der Waals surface area contributed by atoms with Gasteiger partial charge in [0.05, 0.1) is 12.4 Å². The number of carbonyl (C=O) groups is 2. The number of amidine groups is 1. The second-order valence-electron chi connectivity index (χ2n) is 11.4. The molecule has 0 radical (unpaired) electrons. The van der Waals surface area contributed by atoms with E-state index in [-0.39, 0.29) is 61.3 Å². The number of aryl methyl sites for hydroxylation is 2. The number of halogens is 3. The van der Waals surface area contributed by atoms with Gasteiger partial charge < -0.3 is 19.7 Å². The van der Waals surface area contributed by atoms with E-state index in [2.05, 4.69) is 15.0 Å². The zero-order valence-electron chi connectivity index (χ0n) is 25.8. The molecular formula is C31H39F3N4O6S. The van der Waals surface area contributed by atoms with Crippen molar-refractivity contribution in [2.75, 3.05) is 43.5 Å². The summed E-state index contributed by atoms with van der Waals surface area (Å²) in [5, 5.41) is 2.64. The number of sulfonamides is 1. The number of anilines is 1. The van der Waals surface area contributed by atoms with E-state index in [4.69, 9.17) is 4.74 Å². The van der Waals surface area contributed by atoms with E-state index < -0.39 is 33.6 Å². The summed E-state index contributed by atoms with van der Waals surface area (Å²) in [5.41, 5.74) is 1.50. The number of rotatable bonds is 12. The number of amides is 2. The molecule has 0 saturated carbocycles. The summed E-state index contributed by atoms with van der Waals surface area (Å²) < 4.78 is 75.3. The lowest BCUT2D eigenvalue weighted by Gasteiger charge is -2.34. The molecule has 0 unspecified atom stereocenters. The van der Waals surface area contributed by atoms with Crippen LogP contribution in [0.4, 0.5) is 18.9 Å². The first-order chi connectivity index (χ1) is 21.1. The predicted molar refractivity (Wildman–Crippen MR) is 164 cm³/mol. The summed E-state index contributed by atoms with van der Waals surface area (Å²) >= 11 is 0.